The second kappa shape index (κ2) is 8.57. The lowest BCUT2D eigenvalue weighted by Crippen LogP contribution is -2.15. The van der Waals surface area contributed by atoms with Gasteiger partial charge in [-0.15, -0.1) is 11.3 Å². The first-order valence-corrected chi connectivity index (χ1v) is 9.75. The fraction of sp³-hybridized carbons (Fsp3) is 0.100. The first-order chi connectivity index (χ1) is 12.9. The predicted octanol–water partition coefficient (Wildman–Crippen LogP) is 5.80. The molecule has 0 fully saturated rings. The van der Waals surface area contributed by atoms with E-state index < -0.39 is 0 Å². The molecule has 0 aliphatic carbocycles. The zero-order chi connectivity index (χ0) is 19.4. The normalized spacial score (nSPS) is 10.5. The highest BCUT2D eigenvalue weighted by Crippen LogP contribution is 2.24. The van der Waals surface area contributed by atoms with Crippen LogP contribution in [0.5, 0.6) is 0 Å². The zero-order valence-electron chi connectivity index (χ0n) is 14.4. The van der Waals surface area contributed by atoms with E-state index in [1.165, 1.54) is 6.07 Å². The van der Waals surface area contributed by atoms with Gasteiger partial charge in [0, 0.05) is 21.8 Å². The van der Waals surface area contributed by atoms with Gasteiger partial charge in [0.05, 0.1) is 16.5 Å². The Hall–Kier alpha value is -2.34. The number of amides is 2. The van der Waals surface area contributed by atoms with Crippen molar-refractivity contribution in [2.24, 2.45) is 0 Å². The number of hydrogen-bond acceptors (Lipinski definition) is 3. The van der Waals surface area contributed by atoms with Crippen molar-refractivity contribution in [3.63, 3.8) is 0 Å². The van der Waals surface area contributed by atoms with E-state index in [0.29, 0.717) is 33.4 Å². The SMILES string of the molecule is Cc1cc(NC(=O)c2ccc(Cl)c(Cl)c2)ccc1NC(=O)Cc1cccs1. The maximum absolute atomic E-state index is 12.3. The number of aryl methyl sites for hydroxylation is 1. The molecule has 4 nitrogen and oxygen atoms in total. The number of carbonyl (C=O) groups is 2. The van der Waals surface area contributed by atoms with Crippen LogP contribution < -0.4 is 10.6 Å². The number of anilines is 2. The van der Waals surface area contributed by atoms with Gasteiger partial charge in [-0.1, -0.05) is 29.3 Å². The van der Waals surface area contributed by atoms with E-state index in [2.05, 4.69) is 10.6 Å². The molecule has 7 heteroatoms. The first-order valence-electron chi connectivity index (χ1n) is 8.11. The Morgan fingerprint density at radius 3 is 2.48 bits per heavy atom. The second-order valence-corrected chi connectivity index (χ2v) is 7.76. The topological polar surface area (TPSA) is 58.2 Å². The maximum Gasteiger partial charge on any atom is 0.255 e. The molecule has 0 aliphatic rings. The Balaban J connectivity index is 1.66. The third kappa shape index (κ3) is 5.10. The van der Waals surface area contributed by atoms with Gasteiger partial charge in [0.15, 0.2) is 0 Å². The van der Waals surface area contributed by atoms with Gasteiger partial charge in [-0.2, -0.15) is 0 Å². The van der Waals surface area contributed by atoms with Crippen molar-refractivity contribution in [3.05, 3.63) is 80.0 Å². The van der Waals surface area contributed by atoms with Crippen LogP contribution in [0.4, 0.5) is 11.4 Å². The second-order valence-electron chi connectivity index (χ2n) is 5.92. The molecule has 138 valence electrons. The molecule has 1 heterocycles. The minimum absolute atomic E-state index is 0.0758. The molecule has 0 saturated carbocycles. The van der Waals surface area contributed by atoms with Crippen molar-refractivity contribution in [1.29, 1.82) is 0 Å². The molecule has 27 heavy (non-hydrogen) atoms. The maximum atomic E-state index is 12.3. The van der Waals surface area contributed by atoms with E-state index in [4.69, 9.17) is 23.2 Å². The molecule has 3 rings (SSSR count). The first kappa shape index (κ1) is 19.4. The van der Waals surface area contributed by atoms with Gasteiger partial charge in [0.1, 0.15) is 0 Å². The van der Waals surface area contributed by atoms with Crippen LogP contribution in [-0.4, -0.2) is 11.8 Å². The number of hydrogen-bond donors (Lipinski definition) is 2. The van der Waals surface area contributed by atoms with Crippen LogP contribution >= 0.6 is 34.5 Å². The van der Waals surface area contributed by atoms with E-state index in [0.717, 1.165) is 10.4 Å². The van der Waals surface area contributed by atoms with Crippen LogP contribution in [0.25, 0.3) is 0 Å². The third-order valence-corrected chi connectivity index (χ3v) is 5.47. The number of rotatable bonds is 5. The highest BCUT2D eigenvalue weighted by molar-refractivity contribution is 7.10. The minimum atomic E-state index is -0.289. The lowest BCUT2D eigenvalue weighted by Gasteiger charge is -2.11. The molecule has 0 spiro atoms. The molecule has 2 amide bonds. The van der Waals surface area contributed by atoms with E-state index >= 15 is 0 Å². The van der Waals surface area contributed by atoms with Crippen molar-refractivity contribution in [2.45, 2.75) is 13.3 Å². The molecule has 3 aromatic rings. The Morgan fingerprint density at radius 2 is 1.81 bits per heavy atom. The predicted molar refractivity (Wildman–Crippen MR) is 112 cm³/mol. The average Bonchev–Trinajstić information content (AvgIpc) is 3.12. The summed E-state index contributed by atoms with van der Waals surface area (Å²) in [4.78, 5) is 25.5. The van der Waals surface area contributed by atoms with Gasteiger partial charge >= 0.3 is 0 Å². The summed E-state index contributed by atoms with van der Waals surface area (Å²) in [6.07, 6.45) is 0.340. The van der Waals surface area contributed by atoms with E-state index in [-0.39, 0.29) is 11.8 Å². The lowest BCUT2D eigenvalue weighted by molar-refractivity contribution is -0.115. The number of nitrogens with one attached hydrogen (secondary N) is 2. The van der Waals surface area contributed by atoms with Gasteiger partial charge < -0.3 is 10.6 Å². The Morgan fingerprint density at radius 1 is 1.00 bits per heavy atom. The van der Waals surface area contributed by atoms with Gasteiger partial charge in [0.25, 0.3) is 5.91 Å². The van der Waals surface area contributed by atoms with Crippen LogP contribution in [0.2, 0.25) is 10.0 Å². The summed E-state index contributed by atoms with van der Waals surface area (Å²) in [7, 11) is 0. The molecule has 0 radical (unpaired) electrons. The van der Waals surface area contributed by atoms with Gasteiger partial charge in [-0.3, -0.25) is 9.59 Å². The summed E-state index contributed by atoms with van der Waals surface area (Å²) in [6.45, 7) is 1.87. The number of thiophene rings is 1. The Labute approximate surface area is 171 Å². The molecule has 2 N–H and O–H groups in total. The molecule has 0 unspecified atom stereocenters. The minimum Gasteiger partial charge on any atom is -0.326 e. The third-order valence-electron chi connectivity index (χ3n) is 3.86. The monoisotopic (exact) mass is 418 g/mol. The quantitative estimate of drug-likeness (QED) is 0.550. The van der Waals surface area contributed by atoms with E-state index in [1.807, 2.05) is 24.4 Å². The van der Waals surface area contributed by atoms with Crippen molar-refractivity contribution in [1.82, 2.24) is 0 Å². The molecule has 0 saturated heterocycles. The van der Waals surface area contributed by atoms with Crippen molar-refractivity contribution < 1.29 is 9.59 Å². The summed E-state index contributed by atoms with van der Waals surface area (Å²) in [5.41, 5.74) is 2.60. The lowest BCUT2D eigenvalue weighted by atomic mass is 10.1. The molecular formula is C20H16Cl2N2O2S. The van der Waals surface area contributed by atoms with Gasteiger partial charge in [-0.05, 0) is 60.3 Å². The fourth-order valence-corrected chi connectivity index (χ4v) is 3.49. The highest BCUT2D eigenvalue weighted by Gasteiger charge is 2.11. The molecule has 0 bridgehead atoms. The molecule has 0 atom stereocenters. The van der Waals surface area contributed by atoms with Crippen LogP contribution in [-0.2, 0) is 11.2 Å². The molecule has 0 aliphatic heterocycles. The fourth-order valence-electron chi connectivity index (χ4n) is 2.49. The van der Waals surface area contributed by atoms with E-state index in [9.17, 15) is 9.59 Å². The standard InChI is InChI=1S/C20H16Cl2N2O2S/c1-12-9-14(23-20(26)13-4-6-16(21)17(22)10-13)5-7-18(12)24-19(25)11-15-3-2-8-27-15/h2-10H,11H2,1H3,(H,23,26)(H,24,25). The number of benzene rings is 2. The smallest absolute Gasteiger partial charge is 0.255 e. The van der Waals surface area contributed by atoms with E-state index in [1.54, 1.807) is 41.7 Å². The zero-order valence-corrected chi connectivity index (χ0v) is 16.7. The number of halogens is 2. The Bertz CT molecular complexity index is 988. The summed E-state index contributed by atoms with van der Waals surface area (Å²) in [5.74, 6) is -0.365. The van der Waals surface area contributed by atoms with Crippen LogP contribution in [0.1, 0.15) is 20.8 Å². The molecule has 2 aromatic carbocycles. The summed E-state index contributed by atoms with van der Waals surface area (Å²) in [6, 6.07) is 13.9. The summed E-state index contributed by atoms with van der Waals surface area (Å²) in [5, 5.41) is 8.37. The summed E-state index contributed by atoms with van der Waals surface area (Å²) < 4.78 is 0. The Kier molecular flexibility index (Phi) is 6.16. The molecular weight excluding hydrogens is 403 g/mol. The number of carbonyl (C=O) groups excluding carboxylic acids is 2. The highest BCUT2D eigenvalue weighted by atomic mass is 35.5. The summed E-state index contributed by atoms with van der Waals surface area (Å²) >= 11 is 13.4. The molecule has 1 aromatic heterocycles. The van der Waals surface area contributed by atoms with Crippen LogP contribution in [0.3, 0.4) is 0 Å². The van der Waals surface area contributed by atoms with Crippen molar-refractivity contribution >= 4 is 57.7 Å². The van der Waals surface area contributed by atoms with Crippen molar-refractivity contribution in [3.8, 4) is 0 Å². The van der Waals surface area contributed by atoms with Gasteiger partial charge in [0.2, 0.25) is 5.91 Å². The van der Waals surface area contributed by atoms with Crippen molar-refractivity contribution in [2.75, 3.05) is 10.6 Å². The van der Waals surface area contributed by atoms with Gasteiger partial charge in [-0.25, -0.2) is 0 Å². The largest absolute Gasteiger partial charge is 0.326 e. The van der Waals surface area contributed by atoms with Crippen LogP contribution in [0, 0.1) is 6.92 Å². The van der Waals surface area contributed by atoms with Crippen LogP contribution in [0.15, 0.2) is 53.9 Å². The average molecular weight is 419 g/mol.